The summed E-state index contributed by atoms with van der Waals surface area (Å²) in [6.45, 7) is 1.48. The van der Waals surface area contributed by atoms with Crippen LogP contribution >= 0.6 is 11.6 Å². The highest BCUT2D eigenvalue weighted by molar-refractivity contribution is 6.32. The van der Waals surface area contributed by atoms with Gasteiger partial charge >= 0.3 is 0 Å². The van der Waals surface area contributed by atoms with E-state index in [1.54, 1.807) is 28.9 Å². The molecule has 5 rings (SSSR count). The maximum atomic E-state index is 13.4. The largest absolute Gasteiger partial charge is 0.487 e. The van der Waals surface area contributed by atoms with Crippen molar-refractivity contribution in [3.8, 4) is 11.4 Å². The molecule has 3 aromatic carbocycles. The lowest BCUT2D eigenvalue weighted by Gasteiger charge is -2.18. The van der Waals surface area contributed by atoms with Crippen LogP contribution in [-0.4, -0.2) is 66.4 Å². The standard InChI is InChI=1S/C28H27ClFN7O3/c29-25-13-21(4-7-27(25)40-17-19-2-1-3-20(30)12-19)33-28-24-14-23(5-6-26(24)31-18-32-28)37-16-22(34-35-37)15-36(8-10-38)9-11-39/h1-7,12-14,16,18,38-39H,8-11,15,17H2,(H,31,32,33). The molecule has 3 N–H and O–H groups in total. The minimum Gasteiger partial charge on any atom is -0.487 e. The van der Waals surface area contributed by atoms with E-state index in [2.05, 4.69) is 25.6 Å². The van der Waals surface area contributed by atoms with Crippen LogP contribution in [0.4, 0.5) is 15.9 Å². The number of benzene rings is 3. The molecule has 2 heterocycles. The van der Waals surface area contributed by atoms with Gasteiger partial charge in [0.25, 0.3) is 0 Å². The van der Waals surface area contributed by atoms with Crippen LogP contribution < -0.4 is 10.1 Å². The first-order valence-corrected chi connectivity index (χ1v) is 12.9. The Bertz CT molecular complexity index is 1590. The van der Waals surface area contributed by atoms with E-state index in [9.17, 15) is 14.6 Å². The third-order valence-electron chi connectivity index (χ3n) is 6.12. The first-order chi connectivity index (χ1) is 19.5. The summed E-state index contributed by atoms with van der Waals surface area (Å²) in [4.78, 5) is 10.7. The number of aliphatic hydroxyl groups excluding tert-OH is 2. The predicted octanol–water partition coefficient (Wildman–Crippen LogP) is 4.11. The summed E-state index contributed by atoms with van der Waals surface area (Å²) in [7, 11) is 0. The first kappa shape index (κ1) is 27.4. The topological polar surface area (TPSA) is 121 Å². The summed E-state index contributed by atoms with van der Waals surface area (Å²) in [5, 5.41) is 31.4. The molecule has 0 fully saturated rings. The Balaban J connectivity index is 1.33. The van der Waals surface area contributed by atoms with Gasteiger partial charge in [-0.2, -0.15) is 0 Å². The second-order valence-corrected chi connectivity index (χ2v) is 9.40. The molecule has 0 atom stereocenters. The zero-order valence-electron chi connectivity index (χ0n) is 21.4. The van der Waals surface area contributed by atoms with Gasteiger partial charge in [0.2, 0.25) is 0 Å². The molecule has 206 valence electrons. The molecule has 12 heteroatoms. The number of rotatable bonds is 12. The predicted molar refractivity (Wildman–Crippen MR) is 149 cm³/mol. The van der Waals surface area contributed by atoms with E-state index < -0.39 is 0 Å². The fourth-order valence-electron chi connectivity index (χ4n) is 4.19. The van der Waals surface area contributed by atoms with Crippen LogP contribution in [0.2, 0.25) is 5.02 Å². The number of nitrogens with zero attached hydrogens (tertiary/aromatic N) is 6. The van der Waals surface area contributed by atoms with E-state index in [0.29, 0.717) is 53.2 Å². The lowest BCUT2D eigenvalue weighted by atomic mass is 10.2. The van der Waals surface area contributed by atoms with Crippen LogP contribution in [0.15, 0.2) is 73.2 Å². The highest BCUT2D eigenvalue weighted by Gasteiger charge is 2.12. The van der Waals surface area contributed by atoms with Gasteiger partial charge in [-0.1, -0.05) is 28.9 Å². The van der Waals surface area contributed by atoms with Crippen molar-refractivity contribution in [2.45, 2.75) is 13.2 Å². The van der Waals surface area contributed by atoms with Gasteiger partial charge in [0, 0.05) is 30.7 Å². The van der Waals surface area contributed by atoms with Gasteiger partial charge in [-0.15, -0.1) is 5.10 Å². The molecule has 0 aliphatic heterocycles. The maximum absolute atomic E-state index is 13.4. The third-order valence-corrected chi connectivity index (χ3v) is 6.42. The normalized spacial score (nSPS) is 11.3. The number of hydrogen-bond acceptors (Lipinski definition) is 9. The smallest absolute Gasteiger partial charge is 0.141 e. The van der Waals surface area contributed by atoms with Gasteiger partial charge in [-0.05, 0) is 54.1 Å². The molecule has 0 saturated carbocycles. The van der Waals surface area contributed by atoms with Crippen molar-refractivity contribution in [1.82, 2.24) is 29.9 Å². The van der Waals surface area contributed by atoms with Crippen LogP contribution in [0.25, 0.3) is 16.6 Å². The molecular formula is C28H27ClFN7O3. The Hall–Kier alpha value is -4.16. The van der Waals surface area contributed by atoms with Crippen molar-refractivity contribution in [1.29, 1.82) is 0 Å². The first-order valence-electron chi connectivity index (χ1n) is 12.6. The second kappa shape index (κ2) is 12.8. The van der Waals surface area contributed by atoms with Gasteiger partial charge in [-0.25, -0.2) is 19.0 Å². The van der Waals surface area contributed by atoms with Crippen molar-refractivity contribution in [3.63, 3.8) is 0 Å². The Morgan fingerprint density at radius 3 is 2.62 bits per heavy atom. The van der Waals surface area contributed by atoms with Gasteiger partial charge in [-0.3, -0.25) is 4.90 Å². The molecule has 2 aromatic heterocycles. The fraction of sp³-hybridized carbons (Fsp3) is 0.214. The van der Waals surface area contributed by atoms with E-state index in [1.807, 2.05) is 35.4 Å². The van der Waals surface area contributed by atoms with Crippen LogP contribution in [0.1, 0.15) is 11.3 Å². The quantitative estimate of drug-likeness (QED) is 0.206. The zero-order chi connectivity index (χ0) is 27.9. The molecule has 5 aromatic rings. The monoisotopic (exact) mass is 563 g/mol. The summed E-state index contributed by atoms with van der Waals surface area (Å²) >= 11 is 6.47. The van der Waals surface area contributed by atoms with Crippen LogP contribution in [0, 0.1) is 5.82 Å². The number of aromatic nitrogens is 5. The average molecular weight is 564 g/mol. The van der Waals surface area contributed by atoms with Crippen molar-refractivity contribution >= 4 is 34.0 Å². The Kier molecular flexibility index (Phi) is 8.77. The second-order valence-electron chi connectivity index (χ2n) is 8.99. The highest BCUT2D eigenvalue weighted by atomic mass is 35.5. The van der Waals surface area contributed by atoms with Crippen LogP contribution in [0.5, 0.6) is 5.75 Å². The number of hydrogen-bond donors (Lipinski definition) is 3. The summed E-state index contributed by atoms with van der Waals surface area (Å²) in [5.41, 5.74) is 3.61. The van der Waals surface area contributed by atoms with E-state index in [0.717, 1.165) is 16.6 Å². The lowest BCUT2D eigenvalue weighted by molar-refractivity contribution is 0.154. The Morgan fingerprint density at radius 1 is 1.00 bits per heavy atom. The Labute approximate surface area is 234 Å². The zero-order valence-corrected chi connectivity index (χ0v) is 22.2. The molecule has 0 aliphatic rings. The molecule has 0 radical (unpaired) electrons. The SMILES string of the molecule is OCCN(CCO)Cc1cn(-c2ccc3ncnc(Nc4ccc(OCc5cccc(F)c5)c(Cl)c4)c3c2)nn1. The summed E-state index contributed by atoms with van der Waals surface area (Å²) < 4.78 is 20.9. The van der Waals surface area contributed by atoms with E-state index in [-0.39, 0.29) is 25.6 Å². The number of nitrogens with one attached hydrogen (secondary N) is 1. The van der Waals surface area contributed by atoms with Crippen molar-refractivity contribution in [2.24, 2.45) is 0 Å². The molecule has 0 amide bonds. The van der Waals surface area contributed by atoms with Gasteiger partial charge in [0.15, 0.2) is 0 Å². The number of aliphatic hydroxyl groups is 2. The summed E-state index contributed by atoms with van der Waals surface area (Å²) in [5.74, 6) is 0.734. The number of halogens is 2. The minimum absolute atomic E-state index is 0.00946. The van der Waals surface area contributed by atoms with E-state index in [4.69, 9.17) is 16.3 Å². The lowest BCUT2D eigenvalue weighted by Crippen LogP contribution is -2.29. The molecule has 0 unspecified atom stereocenters. The van der Waals surface area contributed by atoms with Gasteiger partial charge in [0.1, 0.15) is 30.3 Å². The number of fused-ring (bicyclic) bond motifs is 1. The van der Waals surface area contributed by atoms with Crippen LogP contribution in [0.3, 0.4) is 0 Å². The molecule has 40 heavy (non-hydrogen) atoms. The van der Waals surface area contributed by atoms with Gasteiger partial charge < -0.3 is 20.3 Å². The summed E-state index contributed by atoms with van der Waals surface area (Å²) in [6, 6.07) is 17.2. The average Bonchev–Trinajstić information content (AvgIpc) is 3.41. The fourth-order valence-corrected chi connectivity index (χ4v) is 4.42. The maximum Gasteiger partial charge on any atom is 0.141 e. The van der Waals surface area contributed by atoms with Crippen LogP contribution in [-0.2, 0) is 13.2 Å². The van der Waals surface area contributed by atoms with Crippen molar-refractivity contribution < 1.29 is 19.3 Å². The molecule has 0 spiro atoms. The number of ether oxygens (including phenoxy) is 1. The molecular weight excluding hydrogens is 537 g/mol. The molecule has 0 saturated heterocycles. The Morgan fingerprint density at radius 2 is 1.85 bits per heavy atom. The summed E-state index contributed by atoms with van der Waals surface area (Å²) in [6.07, 6.45) is 3.29. The number of anilines is 2. The molecule has 0 aliphatic carbocycles. The molecule has 10 nitrogen and oxygen atoms in total. The third kappa shape index (κ3) is 6.69. The van der Waals surface area contributed by atoms with Crippen molar-refractivity contribution in [3.05, 3.63) is 95.3 Å². The van der Waals surface area contributed by atoms with Crippen molar-refractivity contribution in [2.75, 3.05) is 31.6 Å². The van der Waals surface area contributed by atoms with E-state index in [1.165, 1.54) is 18.5 Å². The highest BCUT2D eigenvalue weighted by Crippen LogP contribution is 2.31. The van der Waals surface area contributed by atoms with E-state index >= 15 is 0 Å². The van der Waals surface area contributed by atoms with Gasteiger partial charge in [0.05, 0.1) is 41.3 Å². The minimum atomic E-state index is -0.320. The molecule has 0 bridgehead atoms.